The van der Waals surface area contributed by atoms with Crippen molar-refractivity contribution in [3.63, 3.8) is 0 Å². The summed E-state index contributed by atoms with van der Waals surface area (Å²) in [5.74, 6) is 0. The minimum absolute atomic E-state index is 0.0809. The Morgan fingerprint density at radius 2 is 1.11 bits per heavy atom. The van der Waals surface area contributed by atoms with E-state index in [1.165, 1.54) is 6.08 Å². The summed E-state index contributed by atoms with van der Waals surface area (Å²) in [6.07, 6.45) is -4.66. The van der Waals surface area contributed by atoms with Crippen molar-refractivity contribution in [1.29, 1.82) is 0 Å². The van der Waals surface area contributed by atoms with Crippen LogP contribution in [0.1, 0.15) is 20.8 Å². The maximum Gasteiger partial charge on any atom is 0.189 e. The fourth-order valence-electron chi connectivity index (χ4n) is 3.60. The van der Waals surface area contributed by atoms with Crippen LogP contribution in [0.2, 0.25) is 0 Å². The maximum atomic E-state index is 11.0. The second-order valence-electron chi connectivity index (χ2n) is 7.90. The molecule has 0 radical (unpaired) electrons. The lowest BCUT2D eigenvalue weighted by Crippen LogP contribution is -2.60. The third-order valence-electron chi connectivity index (χ3n) is 5.33. The van der Waals surface area contributed by atoms with Gasteiger partial charge in [-0.15, -0.1) is 6.58 Å². The van der Waals surface area contributed by atoms with Gasteiger partial charge >= 0.3 is 0 Å². The topological polar surface area (TPSA) is 66.4 Å². The van der Waals surface area contributed by atoms with Crippen molar-refractivity contribution in [1.82, 2.24) is 0 Å². The van der Waals surface area contributed by atoms with Crippen LogP contribution in [0.3, 0.4) is 0 Å². The first-order chi connectivity index (χ1) is 18.5. The lowest BCUT2D eigenvalue weighted by atomic mass is 10.0. The molecule has 0 saturated carbocycles. The smallest absolute Gasteiger partial charge is 0.189 e. The zero-order chi connectivity index (χ0) is 26.9. The minimum atomic E-state index is -1.56. The Hall–Kier alpha value is -2.84. The van der Waals surface area contributed by atoms with E-state index in [4.69, 9.17) is 27.8 Å². The number of hydrogen-bond acceptors (Lipinski definition) is 6. The Bertz CT molecular complexity index is 1110. The highest BCUT2D eigenvalue weighted by Crippen LogP contribution is 2.30. The highest BCUT2D eigenvalue weighted by atomic mass is 16.8. The normalized spacial score (nSPS) is 28.1. The molecule has 3 aromatic rings. The molecule has 0 bridgehead atoms. The quantitative estimate of drug-likeness (QED) is 0.383. The van der Waals surface area contributed by atoms with Crippen molar-refractivity contribution in [2.24, 2.45) is 0 Å². The fourth-order valence-corrected chi connectivity index (χ4v) is 3.60. The van der Waals surface area contributed by atoms with Crippen molar-refractivity contribution in [2.45, 2.75) is 50.6 Å². The van der Waals surface area contributed by atoms with Gasteiger partial charge < -0.3 is 28.8 Å². The number of hydrogen-bond donors (Lipinski definition) is 1. The number of rotatable bonds is 12. The predicted octanol–water partition coefficient (Wildman–Crippen LogP) is 4.62. The van der Waals surface area contributed by atoms with Crippen LogP contribution < -0.4 is 0 Å². The number of aliphatic hydroxyl groups is 1. The van der Waals surface area contributed by atoms with E-state index < -0.39 is 50.6 Å². The molecule has 1 aliphatic rings. The predicted molar refractivity (Wildman–Crippen MR) is 132 cm³/mol. The molecule has 35 heavy (non-hydrogen) atoms. The van der Waals surface area contributed by atoms with Crippen LogP contribution in [0.5, 0.6) is 0 Å². The first-order valence-electron chi connectivity index (χ1n) is 13.1. The molecule has 6 heteroatoms. The molecule has 1 N–H and O–H groups in total. The molecule has 1 fully saturated rings. The third-order valence-corrected chi connectivity index (χ3v) is 5.33. The van der Waals surface area contributed by atoms with Crippen molar-refractivity contribution >= 4 is 0 Å². The molecule has 0 spiro atoms. The first-order valence-corrected chi connectivity index (χ1v) is 11.4. The van der Waals surface area contributed by atoms with E-state index in [9.17, 15) is 5.11 Å². The van der Waals surface area contributed by atoms with Crippen molar-refractivity contribution in [3.8, 4) is 0 Å². The van der Waals surface area contributed by atoms with E-state index in [0.717, 1.165) is 0 Å². The van der Waals surface area contributed by atoms with E-state index >= 15 is 0 Å². The monoisotopic (exact) mass is 479 g/mol. The molecule has 0 aromatic heterocycles. The first kappa shape index (κ1) is 21.4. The van der Waals surface area contributed by atoms with E-state index in [2.05, 4.69) is 6.58 Å². The third kappa shape index (κ3) is 7.32. The zero-order valence-corrected chi connectivity index (χ0v) is 19.3. The molecule has 0 aliphatic carbocycles. The zero-order valence-electron chi connectivity index (χ0n) is 22.3. The van der Waals surface area contributed by atoms with E-state index in [-0.39, 0.29) is 6.61 Å². The molecular weight excluding hydrogens is 444 g/mol. The second-order valence-corrected chi connectivity index (χ2v) is 7.90. The Balaban J connectivity index is 1.66. The summed E-state index contributed by atoms with van der Waals surface area (Å²) in [4.78, 5) is 0. The molecule has 8 atom stereocenters. The van der Waals surface area contributed by atoms with Gasteiger partial charge in [-0.25, -0.2) is 0 Å². The fraction of sp³-hybridized carbons (Fsp3) is 0.310. The summed E-state index contributed by atoms with van der Waals surface area (Å²) in [6, 6.07) is 26.7. The summed E-state index contributed by atoms with van der Waals surface area (Å²) in [5, 5.41) is 11.0. The summed E-state index contributed by atoms with van der Waals surface area (Å²) in [6.45, 7) is 0.235. The van der Waals surface area contributed by atoms with Crippen LogP contribution >= 0.6 is 0 Å². The molecule has 4 rings (SSSR count). The van der Waals surface area contributed by atoms with Gasteiger partial charge in [0.05, 0.1) is 30.5 Å². The van der Waals surface area contributed by atoms with Crippen molar-refractivity contribution in [2.75, 3.05) is 6.61 Å². The Labute approximate surface area is 210 Å². The molecular formula is C29H32O6. The minimum Gasteiger partial charge on any atom is -0.368 e. The standard InChI is InChI=1S/C29H32O6/c1-2-18-31-29-27(34-21-24-16-10-5-11-17-24)25(32-19-22-12-6-3-7-13-22)26(28(30)35-29)33-20-23-14-8-4-9-15-23/h2-17,25-30H,1,18-21H2/t25-,26-,27+,28-,29?/m0/s1/i19D,20D,21D/t19?,20?,21?,25-,26-,27+,28-,29?. The molecule has 4 unspecified atom stereocenters. The Morgan fingerprint density at radius 1 is 0.686 bits per heavy atom. The summed E-state index contributed by atoms with van der Waals surface area (Å²) in [7, 11) is 0. The van der Waals surface area contributed by atoms with Crippen molar-refractivity contribution < 1.29 is 32.9 Å². The maximum absolute atomic E-state index is 11.0. The molecule has 1 aliphatic heterocycles. The van der Waals surface area contributed by atoms with Gasteiger partial charge in [-0.1, -0.05) is 97.1 Å². The largest absolute Gasteiger partial charge is 0.368 e. The average molecular weight is 480 g/mol. The summed E-state index contributed by atoms with van der Waals surface area (Å²) in [5.41, 5.74) is 1.73. The average Bonchev–Trinajstić information content (AvgIpc) is 2.96. The van der Waals surface area contributed by atoms with Gasteiger partial charge in [0, 0.05) is 0 Å². The van der Waals surface area contributed by atoms with Crippen LogP contribution in [-0.4, -0.2) is 42.6 Å². The van der Waals surface area contributed by atoms with Gasteiger partial charge in [-0.05, 0) is 16.7 Å². The van der Waals surface area contributed by atoms with E-state index in [1.807, 2.05) is 18.2 Å². The van der Waals surface area contributed by atoms with E-state index in [0.29, 0.717) is 16.7 Å². The van der Waals surface area contributed by atoms with Crippen molar-refractivity contribution in [3.05, 3.63) is 120 Å². The van der Waals surface area contributed by atoms with Gasteiger partial charge in [0.1, 0.15) is 18.3 Å². The van der Waals surface area contributed by atoms with Crippen LogP contribution in [0.25, 0.3) is 0 Å². The highest BCUT2D eigenvalue weighted by molar-refractivity contribution is 5.15. The number of aliphatic hydroxyl groups excluding tert-OH is 1. The van der Waals surface area contributed by atoms with E-state index in [1.54, 1.807) is 72.8 Å². The Kier molecular flexibility index (Phi) is 8.15. The van der Waals surface area contributed by atoms with Gasteiger partial charge in [-0.2, -0.15) is 0 Å². The molecule has 6 nitrogen and oxygen atoms in total. The van der Waals surface area contributed by atoms with Gasteiger partial charge in [-0.3, -0.25) is 0 Å². The van der Waals surface area contributed by atoms with Crippen LogP contribution in [0.15, 0.2) is 104 Å². The lowest BCUT2D eigenvalue weighted by Gasteiger charge is -2.44. The SMILES string of the molecule is [2H]C(O[C@H]1[C@H](OC([2H])c2ccccc2)[C@@H](OC([2H])c2ccccc2)C(OCC=C)O[C@@H]1O)c1ccccc1. The molecule has 1 heterocycles. The lowest BCUT2D eigenvalue weighted by molar-refractivity contribution is -0.359. The molecule has 1 saturated heterocycles. The summed E-state index contributed by atoms with van der Waals surface area (Å²) < 4.78 is 55.6. The number of benzene rings is 3. The molecule has 0 amide bonds. The van der Waals surface area contributed by atoms with Crippen LogP contribution in [-0.2, 0) is 43.4 Å². The highest BCUT2D eigenvalue weighted by Gasteiger charge is 2.48. The molecule has 184 valence electrons. The second kappa shape index (κ2) is 13.3. The van der Waals surface area contributed by atoms with Crippen LogP contribution in [0, 0.1) is 0 Å². The number of ether oxygens (including phenoxy) is 5. The van der Waals surface area contributed by atoms with Gasteiger partial charge in [0.2, 0.25) is 0 Å². The van der Waals surface area contributed by atoms with Crippen LogP contribution in [0.4, 0.5) is 0 Å². The summed E-state index contributed by atoms with van der Waals surface area (Å²) >= 11 is 0. The Morgan fingerprint density at radius 3 is 1.57 bits per heavy atom. The molecule has 3 aromatic carbocycles. The van der Waals surface area contributed by atoms with Gasteiger partial charge in [0.25, 0.3) is 0 Å². The van der Waals surface area contributed by atoms with Gasteiger partial charge in [0.15, 0.2) is 12.6 Å².